The molecule has 0 amide bonds. The van der Waals surface area contributed by atoms with Gasteiger partial charge in [0.2, 0.25) is 5.88 Å². The number of hydrogen-bond donors (Lipinski definition) is 1. The molecule has 0 spiro atoms. The summed E-state index contributed by atoms with van der Waals surface area (Å²) in [6, 6.07) is 7.68. The first-order chi connectivity index (χ1) is 9.16. The largest absolute Gasteiger partial charge is 0.367 e. The number of rotatable bonds is 2. The SMILES string of the molecule is CC1CCCC1c1noc(N)c1-c1cccc(Cl)c1. The predicted octanol–water partition coefficient (Wildman–Crippen LogP) is 4.48. The normalized spacial score (nSPS) is 22.8. The van der Waals surface area contributed by atoms with E-state index >= 15 is 0 Å². The summed E-state index contributed by atoms with van der Waals surface area (Å²) < 4.78 is 5.24. The monoisotopic (exact) mass is 276 g/mol. The highest BCUT2D eigenvalue weighted by Crippen LogP contribution is 2.44. The Hall–Kier alpha value is -1.48. The highest BCUT2D eigenvalue weighted by molar-refractivity contribution is 6.30. The van der Waals surface area contributed by atoms with Crippen molar-refractivity contribution in [1.29, 1.82) is 0 Å². The molecule has 2 aromatic rings. The maximum Gasteiger partial charge on any atom is 0.230 e. The van der Waals surface area contributed by atoms with Gasteiger partial charge in [-0.15, -0.1) is 0 Å². The van der Waals surface area contributed by atoms with E-state index in [-0.39, 0.29) is 0 Å². The summed E-state index contributed by atoms with van der Waals surface area (Å²) in [6.45, 7) is 2.27. The van der Waals surface area contributed by atoms with Gasteiger partial charge in [0.15, 0.2) is 0 Å². The molecule has 1 fully saturated rings. The van der Waals surface area contributed by atoms with Crippen LogP contribution in [-0.2, 0) is 0 Å². The molecule has 0 radical (unpaired) electrons. The van der Waals surface area contributed by atoms with Crippen LogP contribution in [0.15, 0.2) is 28.8 Å². The summed E-state index contributed by atoms with van der Waals surface area (Å²) in [5.41, 5.74) is 8.86. The van der Waals surface area contributed by atoms with Gasteiger partial charge in [-0.2, -0.15) is 0 Å². The molecule has 1 heterocycles. The summed E-state index contributed by atoms with van der Waals surface area (Å²) >= 11 is 6.06. The quantitative estimate of drug-likeness (QED) is 0.880. The van der Waals surface area contributed by atoms with Crippen molar-refractivity contribution in [3.63, 3.8) is 0 Å². The van der Waals surface area contributed by atoms with Crippen LogP contribution in [0.5, 0.6) is 0 Å². The Bertz CT molecular complexity index is 594. The minimum absolute atomic E-state index is 0.386. The number of nitrogen functional groups attached to an aromatic ring is 1. The Kier molecular flexibility index (Phi) is 3.23. The van der Waals surface area contributed by atoms with E-state index in [1.165, 1.54) is 12.8 Å². The topological polar surface area (TPSA) is 52.0 Å². The van der Waals surface area contributed by atoms with E-state index in [0.717, 1.165) is 23.2 Å². The van der Waals surface area contributed by atoms with Gasteiger partial charge in [0.25, 0.3) is 0 Å². The van der Waals surface area contributed by atoms with Crippen LogP contribution in [-0.4, -0.2) is 5.16 Å². The standard InChI is InChI=1S/C15H17ClN2O/c1-9-4-2-7-12(9)14-13(15(17)19-18-14)10-5-3-6-11(16)8-10/h3,5-6,8-9,12H,2,4,7,17H2,1H3. The summed E-state index contributed by atoms with van der Waals surface area (Å²) in [6.07, 6.45) is 3.64. The van der Waals surface area contributed by atoms with Gasteiger partial charge in [-0.3, -0.25) is 0 Å². The Labute approximate surface area is 117 Å². The molecule has 1 aromatic heterocycles. The van der Waals surface area contributed by atoms with Gasteiger partial charge in [0.05, 0.1) is 11.3 Å². The van der Waals surface area contributed by atoms with Crippen LogP contribution < -0.4 is 5.73 Å². The second kappa shape index (κ2) is 4.89. The lowest BCUT2D eigenvalue weighted by Crippen LogP contribution is -2.04. The van der Waals surface area contributed by atoms with Crippen molar-refractivity contribution in [3.8, 4) is 11.1 Å². The smallest absolute Gasteiger partial charge is 0.230 e. The molecule has 4 heteroatoms. The van der Waals surface area contributed by atoms with Crippen LogP contribution in [0.1, 0.15) is 37.8 Å². The van der Waals surface area contributed by atoms with Gasteiger partial charge in [-0.25, -0.2) is 0 Å². The molecule has 100 valence electrons. The zero-order chi connectivity index (χ0) is 13.4. The van der Waals surface area contributed by atoms with Crippen molar-refractivity contribution in [2.24, 2.45) is 5.92 Å². The number of benzene rings is 1. The first-order valence-corrected chi connectivity index (χ1v) is 7.05. The van der Waals surface area contributed by atoms with Crippen LogP contribution in [0.25, 0.3) is 11.1 Å². The summed E-state index contributed by atoms with van der Waals surface area (Å²) in [5.74, 6) is 1.45. The summed E-state index contributed by atoms with van der Waals surface area (Å²) in [5, 5.41) is 4.91. The molecule has 1 aliphatic carbocycles. The molecule has 2 unspecified atom stereocenters. The lowest BCUT2D eigenvalue weighted by molar-refractivity contribution is 0.407. The molecule has 2 atom stereocenters. The Morgan fingerprint density at radius 2 is 2.21 bits per heavy atom. The first-order valence-electron chi connectivity index (χ1n) is 6.68. The molecular weight excluding hydrogens is 260 g/mol. The number of aromatic nitrogens is 1. The third-order valence-corrected chi connectivity index (χ3v) is 4.31. The molecule has 0 saturated heterocycles. The molecule has 0 bridgehead atoms. The minimum atomic E-state index is 0.386. The molecule has 3 nitrogen and oxygen atoms in total. The lowest BCUT2D eigenvalue weighted by atomic mass is 9.90. The Morgan fingerprint density at radius 3 is 2.89 bits per heavy atom. The molecule has 2 N–H and O–H groups in total. The van der Waals surface area contributed by atoms with E-state index in [2.05, 4.69) is 12.1 Å². The lowest BCUT2D eigenvalue weighted by Gasteiger charge is -2.14. The number of halogens is 1. The third-order valence-electron chi connectivity index (χ3n) is 4.07. The van der Waals surface area contributed by atoms with Gasteiger partial charge < -0.3 is 10.3 Å². The van der Waals surface area contributed by atoms with Crippen LogP contribution in [0.4, 0.5) is 5.88 Å². The third kappa shape index (κ3) is 2.23. The van der Waals surface area contributed by atoms with Gasteiger partial charge in [-0.05, 0) is 30.0 Å². The fraction of sp³-hybridized carbons (Fsp3) is 0.400. The zero-order valence-electron chi connectivity index (χ0n) is 10.9. The van der Waals surface area contributed by atoms with E-state index < -0.39 is 0 Å². The van der Waals surface area contributed by atoms with Gasteiger partial charge in [0, 0.05) is 10.9 Å². The van der Waals surface area contributed by atoms with E-state index in [4.69, 9.17) is 21.9 Å². The fourth-order valence-corrected chi connectivity index (χ4v) is 3.25. The van der Waals surface area contributed by atoms with Gasteiger partial charge in [0.1, 0.15) is 0 Å². The molecule has 1 saturated carbocycles. The molecule has 1 aliphatic rings. The number of anilines is 1. The first kappa shape index (κ1) is 12.5. The summed E-state index contributed by atoms with van der Waals surface area (Å²) in [7, 11) is 0. The zero-order valence-corrected chi connectivity index (χ0v) is 11.7. The predicted molar refractivity (Wildman–Crippen MR) is 77.1 cm³/mol. The van der Waals surface area contributed by atoms with Gasteiger partial charge in [-0.1, -0.05) is 48.7 Å². The number of hydrogen-bond acceptors (Lipinski definition) is 3. The molecule has 3 rings (SSSR count). The number of nitrogens with zero attached hydrogens (tertiary/aromatic N) is 1. The van der Waals surface area contributed by atoms with Crippen LogP contribution in [0.2, 0.25) is 5.02 Å². The Morgan fingerprint density at radius 1 is 1.37 bits per heavy atom. The second-order valence-electron chi connectivity index (χ2n) is 5.33. The van der Waals surface area contributed by atoms with E-state index in [1.54, 1.807) is 0 Å². The van der Waals surface area contributed by atoms with Crippen LogP contribution in [0.3, 0.4) is 0 Å². The average molecular weight is 277 g/mol. The van der Waals surface area contributed by atoms with Crippen LogP contribution >= 0.6 is 11.6 Å². The molecule has 0 aliphatic heterocycles. The van der Waals surface area contributed by atoms with Gasteiger partial charge >= 0.3 is 0 Å². The molecule has 1 aromatic carbocycles. The molecular formula is C15H17ClN2O. The van der Waals surface area contributed by atoms with Crippen molar-refractivity contribution in [1.82, 2.24) is 5.16 Å². The van der Waals surface area contributed by atoms with Crippen LogP contribution in [0, 0.1) is 5.92 Å². The van der Waals surface area contributed by atoms with Crippen molar-refractivity contribution in [2.45, 2.75) is 32.1 Å². The van der Waals surface area contributed by atoms with Crippen molar-refractivity contribution >= 4 is 17.5 Å². The maximum atomic E-state index is 6.06. The summed E-state index contributed by atoms with van der Waals surface area (Å²) in [4.78, 5) is 0. The van der Waals surface area contributed by atoms with E-state index in [0.29, 0.717) is 22.7 Å². The minimum Gasteiger partial charge on any atom is -0.367 e. The molecule has 19 heavy (non-hydrogen) atoms. The van der Waals surface area contributed by atoms with E-state index in [1.807, 2.05) is 24.3 Å². The van der Waals surface area contributed by atoms with Crippen molar-refractivity contribution in [3.05, 3.63) is 35.0 Å². The second-order valence-corrected chi connectivity index (χ2v) is 5.77. The number of nitrogens with two attached hydrogens (primary N) is 1. The van der Waals surface area contributed by atoms with Crippen molar-refractivity contribution in [2.75, 3.05) is 5.73 Å². The van der Waals surface area contributed by atoms with Crippen molar-refractivity contribution < 1.29 is 4.52 Å². The fourth-order valence-electron chi connectivity index (χ4n) is 3.05. The van der Waals surface area contributed by atoms with E-state index in [9.17, 15) is 0 Å². The maximum absolute atomic E-state index is 6.06. The average Bonchev–Trinajstić information content (AvgIpc) is 2.95. The Balaban J connectivity index is 2.08. The highest BCUT2D eigenvalue weighted by atomic mass is 35.5. The highest BCUT2D eigenvalue weighted by Gasteiger charge is 2.31.